The summed E-state index contributed by atoms with van der Waals surface area (Å²) in [6.45, 7) is 9.35. The van der Waals surface area contributed by atoms with Crippen LogP contribution in [0.15, 0.2) is 18.2 Å². The zero-order valence-electron chi connectivity index (χ0n) is 10.8. The molecule has 3 nitrogen and oxygen atoms in total. The van der Waals surface area contributed by atoms with Crippen LogP contribution in [0.5, 0.6) is 5.75 Å². The normalized spacial score (nSPS) is 16.7. The first-order valence-electron chi connectivity index (χ1n) is 6.50. The summed E-state index contributed by atoms with van der Waals surface area (Å²) in [4.78, 5) is 2.46. The zero-order valence-corrected chi connectivity index (χ0v) is 10.8. The van der Waals surface area contributed by atoms with Crippen molar-refractivity contribution in [1.82, 2.24) is 5.32 Å². The molecule has 0 bridgehead atoms. The van der Waals surface area contributed by atoms with E-state index in [4.69, 9.17) is 4.74 Å². The van der Waals surface area contributed by atoms with Crippen molar-refractivity contribution in [3.63, 3.8) is 0 Å². The minimum atomic E-state index is 0.729. The molecular weight excluding hydrogens is 212 g/mol. The highest BCUT2D eigenvalue weighted by Gasteiger charge is 2.11. The highest BCUT2D eigenvalue weighted by atomic mass is 16.5. The predicted octanol–water partition coefficient (Wildman–Crippen LogP) is 2.19. The second-order valence-electron chi connectivity index (χ2n) is 4.47. The topological polar surface area (TPSA) is 24.5 Å². The number of anilines is 1. The number of rotatable bonds is 3. The van der Waals surface area contributed by atoms with Crippen molar-refractivity contribution in [2.24, 2.45) is 0 Å². The minimum absolute atomic E-state index is 0.729. The van der Waals surface area contributed by atoms with E-state index in [0.29, 0.717) is 0 Å². The molecule has 1 aliphatic rings. The number of benzene rings is 1. The van der Waals surface area contributed by atoms with Crippen LogP contribution >= 0.6 is 0 Å². The summed E-state index contributed by atoms with van der Waals surface area (Å²) in [6, 6.07) is 6.40. The third-order valence-electron chi connectivity index (χ3n) is 3.16. The van der Waals surface area contributed by atoms with Gasteiger partial charge in [-0.1, -0.05) is 0 Å². The maximum atomic E-state index is 5.52. The van der Waals surface area contributed by atoms with Gasteiger partial charge in [0.15, 0.2) is 0 Å². The molecule has 1 heterocycles. The van der Waals surface area contributed by atoms with Crippen LogP contribution in [0.1, 0.15) is 18.9 Å². The number of nitrogens with one attached hydrogen (secondary N) is 1. The standard InChI is InChI=1S/C14H22N2O/c1-3-17-13-5-6-14(12(2)11-13)16-9-4-7-15-8-10-16/h5-6,11,15H,3-4,7-10H2,1-2H3. The van der Waals surface area contributed by atoms with Crippen LogP contribution < -0.4 is 15.0 Å². The Bertz CT molecular complexity index is 357. The Morgan fingerprint density at radius 3 is 2.94 bits per heavy atom. The molecule has 1 aliphatic heterocycles. The third kappa shape index (κ3) is 3.13. The first-order valence-corrected chi connectivity index (χ1v) is 6.50. The largest absolute Gasteiger partial charge is 0.494 e. The van der Waals surface area contributed by atoms with Crippen LogP contribution in [0, 0.1) is 6.92 Å². The smallest absolute Gasteiger partial charge is 0.119 e. The lowest BCUT2D eigenvalue weighted by molar-refractivity contribution is 0.340. The Labute approximate surface area is 104 Å². The average Bonchev–Trinajstić information content (AvgIpc) is 2.58. The molecule has 1 aromatic carbocycles. The van der Waals surface area contributed by atoms with E-state index in [1.165, 1.54) is 17.7 Å². The van der Waals surface area contributed by atoms with Gasteiger partial charge in [-0.3, -0.25) is 0 Å². The number of nitrogens with zero attached hydrogens (tertiary/aromatic N) is 1. The van der Waals surface area contributed by atoms with Crippen molar-refractivity contribution in [2.75, 3.05) is 37.7 Å². The fourth-order valence-electron chi connectivity index (χ4n) is 2.33. The average molecular weight is 234 g/mol. The van der Waals surface area contributed by atoms with Crippen LogP contribution in [-0.2, 0) is 0 Å². The Balaban J connectivity index is 2.14. The monoisotopic (exact) mass is 234 g/mol. The van der Waals surface area contributed by atoms with E-state index in [0.717, 1.165) is 38.5 Å². The number of hydrogen-bond donors (Lipinski definition) is 1. The number of ether oxygens (including phenoxy) is 1. The van der Waals surface area contributed by atoms with Gasteiger partial charge in [0.2, 0.25) is 0 Å². The molecule has 1 fully saturated rings. The highest BCUT2D eigenvalue weighted by Crippen LogP contribution is 2.25. The van der Waals surface area contributed by atoms with Crippen LogP contribution in [-0.4, -0.2) is 32.8 Å². The van der Waals surface area contributed by atoms with E-state index in [1.807, 2.05) is 6.92 Å². The van der Waals surface area contributed by atoms with Crippen molar-refractivity contribution in [3.05, 3.63) is 23.8 Å². The maximum absolute atomic E-state index is 5.52. The summed E-state index contributed by atoms with van der Waals surface area (Å²) >= 11 is 0. The van der Waals surface area contributed by atoms with Crippen molar-refractivity contribution in [3.8, 4) is 5.75 Å². The molecule has 1 aromatic rings. The molecule has 1 saturated heterocycles. The van der Waals surface area contributed by atoms with Crippen molar-refractivity contribution in [1.29, 1.82) is 0 Å². The lowest BCUT2D eigenvalue weighted by Gasteiger charge is -2.24. The van der Waals surface area contributed by atoms with Crippen LogP contribution in [0.2, 0.25) is 0 Å². The second kappa shape index (κ2) is 5.92. The Kier molecular flexibility index (Phi) is 4.26. The molecular formula is C14H22N2O. The van der Waals surface area contributed by atoms with Crippen molar-refractivity contribution < 1.29 is 4.74 Å². The summed E-state index contributed by atoms with van der Waals surface area (Å²) < 4.78 is 5.52. The van der Waals surface area contributed by atoms with Gasteiger partial charge in [0.05, 0.1) is 6.61 Å². The predicted molar refractivity (Wildman–Crippen MR) is 72.0 cm³/mol. The Morgan fingerprint density at radius 1 is 1.29 bits per heavy atom. The molecule has 94 valence electrons. The Hall–Kier alpha value is -1.22. The van der Waals surface area contributed by atoms with Crippen LogP contribution in [0.3, 0.4) is 0 Å². The third-order valence-corrected chi connectivity index (χ3v) is 3.16. The van der Waals surface area contributed by atoms with Crippen LogP contribution in [0.4, 0.5) is 5.69 Å². The van der Waals surface area contributed by atoms with Gasteiger partial charge in [-0.15, -0.1) is 0 Å². The minimum Gasteiger partial charge on any atom is -0.494 e. The van der Waals surface area contributed by atoms with E-state index >= 15 is 0 Å². The van der Waals surface area contributed by atoms with Crippen molar-refractivity contribution in [2.45, 2.75) is 20.3 Å². The first kappa shape index (κ1) is 12.2. The molecule has 0 saturated carbocycles. The van der Waals surface area contributed by atoms with E-state index in [1.54, 1.807) is 0 Å². The summed E-state index contributed by atoms with van der Waals surface area (Å²) in [6.07, 6.45) is 1.21. The lowest BCUT2D eigenvalue weighted by Crippen LogP contribution is -2.28. The van der Waals surface area contributed by atoms with Gasteiger partial charge in [-0.2, -0.15) is 0 Å². The molecule has 17 heavy (non-hydrogen) atoms. The molecule has 0 spiro atoms. The quantitative estimate of drug-likeness (QED) is 0.867. The van der Waals surface area contributed by atoms with E-state index in [-0.39, 0.29) is 0 Å². The summed E-state index contributed by atoms with van der Waals surface area (Å²) in [5, 5.41) is 3.43. The molecule has 0 amide bonds. The number of aryl methyl sites for hydroxylation is 1. The fraction of sp³-hybridized carbons (Fsp3) is 0.571. The maximum Gasteiger partial charge on any atom is 0.119 e. The van der Waals surface area contributed by atoms with Gasteiger partial charge >= 0.3 is 0 Å². The molecule has 0 aliphatic carbocycles. The van der Waals surface area contributed by atoms with E-state index < -0.39 is 0 Å². The molecule has 0 aromatic heterocycles. The molecule has 0 radical (unpaired) electrons. The summed E-state index contributed by atoms with van der Waals surface area (Å²) in [5.74, 6) is 0.974. The van der Waals surface area contributed by atoms with Gasteiger partial charge in [0.25, 0.3) is 0 Å². The summed E-state index contributed by atoms with van der Waals surface area (Å²) in [5.41, 5.74) is 2.65. The molecule has 0 atom stereocenters. The molecule has 2 rings (SSSR count). The molecule has 1 N–H and O–H groups in total. The first-order chi connectivity index (χ1) is 8.31. The SMILES string of the molecule is CCOc1ccc(N2CCCNCC2)c(C)c1. The fourth-order valence-corrected chi connectivity index (χ4v) is 2.33. The number of hydrogen-bond acceptors (Lipinski definition) is 3. The molecule has 3 heteroatoms. The molecule has 0 unspecified atom stereocenters. The van der Waals surface area contributed by atoms with Crippen LogP contribution in [0.25, 0.3) is 0 Å². The van der Waals surface area contributed by atoms with Gasteiger partial charge in [-0.25, -0.2) is 0 Å². The summed E-state index contributed by atoms with van der Waals surface area (Å²) in [7, 11) is 0. The van der Waals surface area contributed by atoms with E-state index in [2.05, 4.69) is 35.3 Å². The van der Waals surface area contributed by atoms with Crippen molar-refractivity contribution >= 4 is 5.69 Å². The van der Waals surface area contributed by atoms with Gasteiger partial charge < -0.3 is 15.0 Å². The zero-order chi connectivity index (χ0) is 12.1. The van der Waals surface area contributed by atoms with Gasteiger partial charge in [0.1, 0.15) is 5.75 Å². The lowest BCUT2D eigenvalue weighted by atomic mass is 10.1. The second-order valence-corrected chi connectivity index (χ2v) is 4.47. The van der Waals surface area contributed by atoms with Gasteiger partial charge in [-0.05, 0) is 50.6 Å². The Morgan fingerprint density at radius 2 is 2.18 bits per heavy atom. The van der Waals surface area contributed by atoms with E-state index in [9.17, 15) is 0 Å². The highest BCUT2D eigenvalue weighted by molar-refractivity contribution is 5.56. The van der Waals surface area contributed by atoms with Gasteiger partial charge in [0, 0.05) is 25.3 Å².